The SMILES string of the molecule is CCC[C@@H]1[C@H]2C[C@@H](CC3=CCNC(=C3)Nc3ccc4ccc(c(O)c4c3)C[C@H](O)CNC[C@H](C)c3c[nH]c(c3)C[C@H]1O)C[C@@H]1C#C[C@H](c3ccccc3[C@@H]3CC[C@@H](Cc4cccc(O)c4CO)[C@H](CO)C3)c3cc(O)c(OC)cc3CCC(=O)[C@H](O)C(=O)[C@H]1C2. The van der Waals surface area contributed by atoms with E-state index in [1.807, 2.05) is 54.7 Å². The molecule has 2 aliphatic heterocycles. The van der Waals surface area contributed by atoms with E-state index in [0.29, 0.717) is 98.6 Å². The van der Waals surface area contributed by atoms with Crippen molar-refractivity contribution in [3.63, 3.8) is 0 Å². The maximum atomic E-state index is 15.4. The second-order valence-corrected chi connectivity index (χ2v) is 26.5. The molecule has 3 heterocycles. The molecule has 0 radical (unpaired) electrons. The summed E-state index contributed by atoms with van der Waals surface area (Å²) in [7, 11) is 1.47. The number of ether oxygens (including phenoxy) is 1. The highest BCUT2D eigenvalue weighted by molar-refractivity contribution is 6.06. The third-order valence-corrected chi connectivity index (χ3v) is 20.7. The van der Waals surface area contributed by atoms with E-state index in [-0.39, 0.29) is 96.9 Å². The Balaban J connectivity index is 1.00. The molecule has 5 aromatic carbocycles. The summed E-state index contributed by atoms with van der Waals surface area (Å²) in [5, 5.41) is 103. The molecule has 0 amide bonds. The van der Waals surface area contributed by atoms with Crippen molar-refractivity contribution >= 4 is 28.0 Å². The number of H-pyrrole nitrogens is 1. The average Bonchev–Trinajstić information content (AvgIpc) is 1.02. The molecule has 13 atom stereocenters. The summed E-state index contributed by atoms with van der Waals surface area (Å²) in [4.78, 5) is 33.4. The predicted molar refractivity (Wildman–Crippen MR) is 349 cm³/mol. The zero-order valence-electron chi connectivity index (χ0n) is 52.1. The van der Waals surface area contributed by atoms with Crippen LogP contribution >= 0.6 is 0 Å². The predicted octanol–water partition coefficient (Wildman–Crippen LogP) is 10.3. The van der Waals surface area contributed by atoms with Gasteiger partial charge in [0.2, 0.25) is 0 Å². The summed E-state index contributed by atoms with van der Waals surface area (Å²) in [6.45, 7) is 5.35. The van der Waals surface area contributed by atoms with Gasteiger partial charge in [0.05, 0.1) is 31.8 Å². The number of nitrogens with one attached hydrogen (secondary N) is 4. The van der Waals surface area contributed by atoms with Gasteiger partial charge in [-0.3, -0.25) is 9.59 Å². The van der Waals surface area contributed by atoms with Gasteiger partial charge in [0.25, 0.3) is 0 Å². The molecule has 3 aliphatic carbocycles. The Kier molecular flexibility index (Phi) is 20.5. The highest BCUT2D eigenvalue weighted by Crippen LogP contribution is 2.48. The number of phenols is 3. The zero-order valence-corrected chi connectivity index (χ0v) is 52.1. The summed E-state index contributed by atoms with van der Waals surface area (Å²) in [6, 6.07) is 28.8. The Hall–Kier alpha value is -7.42. The van der Waals surface area contributed by atoms with Gasteiger partial charge in [-0.25, -0.2) is 0 Å². The third-order valence-electron chi connectivity index (χ3n) is 20.7. The Bertz CT molecular complexity index is 3670. The molecule has 0 unspecified atom stereocenters. The van der Waals surface area contributed by atoms with Crippen LogP contribution in [0.1, 0.15) is 146 Å². The number of fused-ring (bicyclic) bond motifs is 9. The number of dihydropyridines is 1. The van der Waals surface area contributed by atoms with Crippen LogP contribution in [-0.4, -0.2) is 109 Å². The smallest absolute Gasteiger partial charge is 0.173 e. The first-order valence-corrected chi connectivity index (χ1v) is 32.8. The molecule has 90 heavy (non-hydrogen) atoms. The van der Waals surface area contributed by atoms with Crippen molar-refractivity contribution < 1.29 is 55.2 Å². The quantitative estimate of drug-likeness (QED) is 0.0475. The number of benzene rings is 5. The van der Waals surface area contributed by atoms with E-state index in [1.54, 1.807) is 24.3 Å². The van der Waals surface area contributed by atoms with Crippen molar-refractivity contribution in [2.24, 2.45) is 41.4 Å². The normalized spacial score (nSPS) is 27.9. The van der Waals surface area contributed by atoms with Crippen LogP contribution in [0.3, 0.4) is 0 Å². The third kappa shape index (κ3) is 14.3. The molecule has 1 aromatic heterocycles. The number of methoxy groups -OCH3 is 1. The van der Waals surface area contributed by atoms with Crippen molar-refractivity contribution in [2.45, 2.75) is 146 Å². The molecular formula is C75H90N4O11. The fraction of sp³-hybridized carbons (Fsp3) is 0.467. The number of anilines is 1. The van der Waals surface area contributed by atoms with Crippen molar-refractivity contribution in [2.75, 3.05) is 38.7 Å². The first kappa shape index (κ1) is 64.1. The maximum Gasteiger partial charge on any atom is 0.173 e. The molecule has 12 N–H and O–H groups in total. The van der Waals surface area contributed by atoms with Crippen LogP contribution in [0, 0.1) is 53.3 Å². The van der Waals surface area contributed by atoms with Crippen LogP contribution in [0.5, 0.6) is 23.0 Å². The summed E-state index contributed by atoms with van der Waals surface area (Å²) in [6.07, 6.45) is 9.73. The minimum Gasteiger partial charge on any atom is -0.508 e. The van der Waals surface area contributed by atoms with Gasteiger partial charge in [0.1, 0.15) is 17.3 Å². The van der Waals surface area contributed by atoms with Gasteiger partial charge < -0.3 is 66.5 Å². The van der Waals surface area contributed by atoms with Crippen molar-refractivity contribution in [3.05, 3.63) is 171 Å². The van der Waals surface area contributed by atoms with Crippen molar-refractivity contribution in [3.8, 4) is 34.8 Å². The Morgan fingerprint density at radius 3 is 2.39 bits per heavy atom. The average molecular weight is 1220 g/mol. The lowest BCUT2D eigenvalue weighted by molar-refractivity contribution is -0.142. The topological polar surface area (TPSA) is 257 Å². The summed E-state index contributed by atoms with van der Waals surface area (Å²) >= 11 is 0. The van der Waals surface area contributed by atoms with E-state index in [1.165, 1.54) is 7.11 Å². The van der Waals surface area contributed by atoms with Crippen LogP contribution in [0.15, 0.2) is 121 Å². The second kappa shape index (κ2) is 28.8. The molecule has 5 aliphatic rings. The van der Waals surface area contributed by atoms with Gasteiger partial charge in [0, 0.05) is 85.9 Å². The van der Waals surface area contributed by atoms with Gasteiger partial charge in [0.15, 0.2) is 29.2 Å². The van der Waals surface area contributed by atoms with Gasteiger partial charge in [-0.05, 0) is 198 Å². The van der Waals surface area contributed by atoms with E-state index in [4.69, 9.17) is 4.74 Å². The van der Waals surface area contributed by atoms with Crippen LogP contribution < -0.4 is 20.7 Å². The summed E-state index contributed by atoms with van der Waals surface area (Å²) in [5.41, 5.74) is 9.14. The summed E-state index contributed by atoms with van der Waals surface area (Å²) in [5.74, 6) is 4.85. The number of carbonyl (C=O) groups is 2. The molecular weight excluding hydrogens is 1130 g/mol. The monoisotopic (exact) mass is 1220 g/mol. The number of ketones is 2. The number of aromatic hydroxyl groups is 3. The zero-order chi connectivity index (χ0) is 63.2. The minimum absolute atomic E-state index is 0.00504. The number of aromatic nitrogens is 1. The van der Waals surface area contributed by atoms with E-state index in [2.05, 4.69) is 77.0 Å². The molecule has 2 fully saturated rings. The number of hydrogen-bond donors (Lipinski definition) is 12. The molecule has 15 heteroatoms. The lowest BCUT2D eigenvalue weighted by Crippen LogP contribution is -2.40. The molecule has 0 saturated heterocycles. The van der Waals surface area contributed by atoms with Gasteiger partial charge in [-0.2, -0.15) is 0 Å². The number of rotatable bonds is 9. The van der Waals surface area contributed by atoms with Gasteiger partial charge in [-0.1, -0.05) is 92.8 Å². The number of hydrogen-bond acceptors (Lipinski definition) is 14. The fourth-order valence-corrected chi connectivity index (χ4v) is 15.8. The van der Waals surface area contributed by atoms with E-state index in [9.17, 15) is 45.6 Å². The number of carbonyl (C=O) groups excluding carboxylic acids is 2. The highest BCUT2D eigenvalue weighted by Gasteiger charge is 2.44. The fourth-order valence-electron chi connectivity index (χ4n) is 15.8. The number of Topliss-reactive ketones (excluding diaryl/α,β-unsaturated/α-hetero) is 2. The Morgan fingerprint density at radius 2 is 1.59 bits per heavy atom. The molecule has 2 saturated carbocycles. The Labute approximate surface area is 528 Å². The molecule has 0 spiro atoms. The molecule has 15 nitrogen and oxygen atoms in total. The maximum absolute atomic E-state index is 15.4. The first-order chi connectivity index (χ1) is 43.6. The van der Waals surface area contributed by atoms with E-state index < -0.39 is 47.6 Å². The minimum atomic E-state index is -1.90. The number of aryl methyl sites for hydroxylation is 1. The van der Waals surface area contributed by atoms with Crippen molar-refractivity contribution in [1.29, 1.82) is 0 Å². The van der Waals surface area contributed by atoms with Gasteiger partial charge in [-0.15, -0.1) is 0 Å². The number of aliphatic hydroxyl groups excluding tert-OH is 5. The molecule has 6 aromatic rings. The first-order valence-electron chi connectivity index (χ1n) is 32.8. The molecule has 11 rings (SSSR count). The van der Waals surface area contributed by atoms with E-state index in [0.717, 1.165) is 69.7 Å². The van der Waals surface area contributed by atoms with Crippen LogP contribution in [0.4, 0.5) is 5.69 Å². The molecule has 9 bridgehead atoms. The lowest BCUT2D eigenvalue weighted by Gasteiger charge is -2.37. The van der Waals surface area contributed by atoms with Crippen LogP contribution in [0.25, 0.3) is 10.8 Å². The molecule has 476 valence electrons. The Morgan fingerprint density at radius 1 is 0.767 bits per heavy atom. The summed E-state index contributed by atoms with van der Waals surface area (Å²) < 4.78 is 5.67. The second-order valence-electron chi connectivity index (χ2n) is 26.5. The number of allylic oxidation sites excluding steroid dienone is 2. The largest absolute Gasteiger partial charge is 0.508 e. The van der Waals surface area contributed by atoms with Crippen molar-refractivity contribution in [1.82, 2.24) is 15.6 Å². The number of aromatic amines is 1. The highest BCUT2D eigenvalue weighted by atomic mass is 16.5. The van der Waals surface area contributed by atoms with Crippen LogP contribution in [-0.2, 0) is 41.9 Å². The van der Waals surface area contributed by atoms with Gasteiger partial charge >= 0.3 is 0 Å². The number of phenolic OH excluding ortho intramolecular Hbond substituents is 2. The lowest BCUT2D eigenvalue weighted by atomic mass is 9.68. The standard InChI is InChI=1S/C75H90N4O11/c1-4-8-60-53-27-45(25-44-23-24-77-72(28-44)79-56-20-17-46-13-16-52(73(87)65(46)35-56)32-58(82)40-76-38-43(2)54-31-57(78-39-54)36-69(60)85)26-49-18-21-62(63-37-70(86)71(90-3)34-51(63)19-22-68(84)75(89)74(88)64(49)33-53)61-11-6-5-10-59(61)50-15-14-47(55(30-50)41-80)29-48-9-7-12-67(83)66(48)42-81/h5-7,9-13,16-17,20,23,28,31,34-35,37,39,43,45,47,49-50,53,55,58,60,62,64,69,75-83,85-87,89H,4,8,14-15,19,22,24-27,29-30,32-33,36,38,40-42H2,1-3H3/t43-,45-,47-,49-,50+,53-,55-,58-,60+,62+,64-,69+,75-/m0/s1. The van der Waals surface area contributed by atoms with E-state index >= 15 is 4.79 Å². The number of aliphatic hydroxyl groups is 5. The van der Waals surface area contributed by atoms with Crippen LogP contribution in [0.2, 0.25) is 0 Å². The number of β-amino-alcohol motifs (C(OH)–C–C–N with tert-alkyl or cyclic N) is 1.